The quantitative estimate of drug-likeness (QED) is 0.906. The van der Waals surface area contributed by atoms with E-state index in [0.717, 1.165) is 10.4 Å². The molecule has 2 aromatic heterocycles. The molecular weight excluding hydrogens is 250 g/mol. The SMILES string of the molecule is Cc1sc(NC(=O)Cn2cncn2)c(C#N)c1C. The molecule has 1 amide bonds. The van der Waals surface area contributed by atoms with Gasteiger partial charge >= 0.3 is 0 Å². The molecule has 0 aliphatic rings. The number of nitrogens with zero attached hydrogens (tertiary/aromatic N) is 4. The summed E-state index contributed by atoms with van der Waals surface area (Å²) in [6.45, 7) is 3.88. The standard InChI is InChI=1S/C11H11N5OS/c1-7-8(2)18-11(9(7)3-12)15-10(17)4-16-6-13-5-14-16/h5-6H,4H2,1-2H3,(H,15,17). The van der Waals surface area contributed by atoms with Crippen LogP contribution in [-0.2, 0) is 11.3 Å². The highest BCUT2D eigenvalue weighted by Crippen LogP contribution is 2.31. The van der Waals surface area contributed by atoms with Crippen molar-refractivity contribution in [3.05, 3.63) is 28.7 Å². The first-order valence-electron chi connectivity index (χ1n) is 5.24. The van der Waals surface area contributed by atoms with Crippen molar-refractivity contribution in [2.45, 2.75) is 20.4 Å². The second-order valence-electron chi connectivity index (χ2n) is 3.74. The summed E-state index contributed by atoms with van der Waals surface area (Å²) in [5.41, 5.74) is 1.45. The van der Waals surface area contributed by atoms with Crippen molar-refractivity contribution in [2.75, 3.05) is 5.32 Å². The van der Waals surface area contributed by atoms with E-state index in [1.54, 1.807) is 0 Å². The van der Waals surface area contributed by atoms with E-state index in [9.17, 15) is 4.79 Å². The van der Waals surface area contributed by atoms with Gasteiger partial charge in [0.15, 0.2) is 0 Å². The van der Waals surface area contributed by atoms with Gasteiger partial charge in [-0.25, -0.2) is 9.67 Å². The lowest BCUT2D eigenvalue weighted by Crippen LogP contribution is -2.18. The van der Waals surface area contributed by atoms with Gasteiger partial charge in [0.1, 0.15) is 30.3 Å². The molecule has 2 heterocycles. The fourth-order valence-electron chi connectivity index (χ4n) is 1.48. The molecular formula is C11H11N5OS. The van der Waals surface area contributed by atoms with Crippen LogP contribution < -0.4 is 5.32 Å². The van der Waals surface area contributed by atoms with E-state index in [-0.39, 0.29) is 12.5 Å². The van der Waals surface area contributed by atoms with Gasteiger partial charge in [-0.3, -0.25) is 4.79 Å². The van der Waals surface area contributed by atoms with Gasteiger partial charge in [0.05, 0.1) is 5.56 Å². The van der Waals surface area contributed by atoms with Gasteiger partial charge in [-0.1, -0.05) is 0 Å². The van der Waals surface area contributed by atoms with Gasteiger partial charge in [0.25, 0.3) is 0 Å². The van der Waals surface area contributed by atoms with Crippen LogP contribution in [0.1, 0.15) is 16.0 Å². The number of carbonyl (C=O) groups is 1. The van der Waals surface area contributed by atoms with Gasteiger partial charge < -0.3 is 5.32 Å². The second kappa shape index (κ2) is 4.98. The molecule has 92 valence electrons. The summed E-state index contributed by atoms with van der Waals surface area (Å²) in [5, 5.41) is 16.2. The van der Waals surface area contributed by atoms with Gasteiger partial charge in [0.2, 0.25) is 5.91 Å². The average Bonchev–Trinajstić information content (AvgIpc) is 2.89. The van der Waals surface area contributed by atoms with E-state index in [0.29, 0.717) is 10.6 Å². The van der Waals surface area contributed by atoms with Crippen molar-refractivity contribution in [3.63, 3.8) is 0 Å². The van der Waals surface area contributed by atoms with E-state index in [1.807, 2.05) is 13.8 Å². The summed E-state index contributed by atoms with van der Waals surface area (Å²) >= 11 is 1.41. The van der Waals surface area contributed by atoms with Gasteiger partial charge in [0, 0.05) is 4.88 Å². The Kier molecular flexibility index (Phi) is 3.39. The van der Waals surface area contributed by atoms with Gasteiger partial charge in [-0.05, 0) is 19.4 Å². The van der Waals surface area contributed by atoms with E-state index < -0.39 is 0 Å². The van der Waals surface area contributed by atoms with Crippen molar-refractivity contribution < 1.29 is 4.79 Å². The predicted octanol–water partition coefficient (Wildman–Crippen LogP) is 1.47. The van der Waals surface area contributed by atoms with Gasteiger partial charge in [-0.2, -0.15) is 10.4 Å². The number of anilines is 1. The lowest BCUT2D eigenvalue weighted by atomic mass is 10.2. The smallest absolute Gasteiger partial charge is 0.246 e. The summed E-state index contributed by atoms with van der Waals surface area (Å²) in [4.78, 5) is 16.6. The van der Waals surface area contributed by atoms with E-state index >= 15 is 0 Å². The molecule has 0 aliphatic carbocycles. The van der Waals surface area contributed by atoms with Gasteiger partial charge in [-0.15, -0.1) is 11.3 Å². The zero-order valence-corrected chi connectivity index (χ0v) is 10.8. The van der Waals surface area contributed by atoms with Crippen LogP contribution in [0.3, 0.4) is 0 Å². The zero-order chi connectivity index (χ0) is 13.1. The monoisotopic (exact) mass is 261 g/mol. The first kappa shape index (κ1) is 12.3. The Balaban J connectivity index is 2.12. The van der Waals surface area contributed by atoms with Crippen LogP contribution in [0, 0.1) is 25.2 Å². The normalized spacial score (nSPS) is 10.1. The van der Waals surface area contributed by atoms with E-state index in [4.69, 9.17) is 5.26 Å². The molecule has 1 N–H and O–H groups in total. The summed E-state index contributed by atoms with van der Waals surface area (Å²) in [7, 11) is 0. The third kappa shape index (κ3) is 2.38. The third-order valence-corrected chi connectivity index (χ3v) is 3.64. The molecule has 2 rings (SSSR count). The lowest BCUT2D eigenvalue weighted by Gasteiger charge is -2.02. The maximum absolute atomic E-state index is 11.8. The maximum atomic E-state index is 11.8. The maximum Gasteiger partial charge on any atom is 0.246 e. The number of nitriles is 1. The van der Waals surface area contributed by atoms with Crippen molar-refractivity contribution in [3.8, 4) is 6.07 Å². The number of aromatic nitrogens is 3. The highest BCUT2D eigenvalue weighted by molar-refractivity contribution is 7.16. The van der Waals surface area contributed by atoms with Crippen LogP contribution in [0.5, 0.6) is 0 Å². The number of hydrogen-bond donors (Lipinski definition) is 1. The summed E-state index contributed by atoms with van der Waals surface area (Å²) in [5.74, 6) is -0.224. The molecule has 0 fully saturated rings. The molecule has 0 bridgehead atoms. The molecule has 0 saturated carbocycles. The summed E-state index contributed by atoms with van der Waals surface area (Å²) < 4.78 is 1.43. The Labute approximate surface area is 108 Å². The molecule has 0 aliphatic heterocycles. The Morgan fingerprint density at radius 3 is 3.00 bits per heavy atom. The van der Waals surface area contributed by atoms with Crippen LogP contribution in [0.25, 0.3) is 0 Å². The Morgan fingerprint density at radius 2 is 2.39 bits per heavy atom. The van der Waals surface area contributed by atoms with Crippen molar-refractivity contribution in [1.82, 2.24) is 14.8 Å². The Bertz CT molecular complexity index is 608. The first-order valence-corrected chi connectivity index (χ1v) is 6.06. The van der Waals surface area contributed by atoms with Crippen molar-refractivity contribution in [1.29, 1.82) is 5.26 Å². The molecule has 0 aromatic carbocycles. The van der Waals surface area contributed by atoms with Crippen LogP contribution in [0.2, 0.25) is 0 Å². The Hall–Kier alpha value is -2.20. The number of nitrogens with one attached hydrogen (secondary N) is 1. The highest BCUT2D eigenvalue weighted by Gasteiger charge is 2.14. The van der Waals surface area contributed by atoms with Crippen LogP contribution in [0.15, 0.2) is 12.7 Å². The number of carbonyl (C=O) groups excluding carboxylic acids is 1. The number of aryl methyl sites for hydroxylation is 1. The predicted molar refractivity (Wildman–Crippen MR) is 67.2 cm³/mol. The number of hydrogen-bond acceptors (Lipinski definition) is 5. The minimum Gasteiger partial charge on any atom is -0.315 e. The number of rotatable bonds is 3. The largest absolute Gasteiger partial charge is 0.315 e. The highest BCUT2D eigenvalue weighted by atomic mass is 32.1. The zero-order valence-electron chi connectivity index (χ0n) is 9.97. The molecule has 7 heteroatoms. The molecule has 0 unspecified atom stereocenters. The molecule has 0 saturated heterocycles. The first-order chi connectivity index (χ1) is 8.61. The molecule has 2 aromatic rings. The number of thiophene rings is 1. The fourth-order valence-corrected chi connectivity index (χ4v) is 2.50. The van der Waals surface area contributed by atoms with Crippen LogP contribution >= 0.6 is 11.3 Å². The second-order valence-corrected chi connectivity index (χ2v) is 4.97. The fraction of sp³-hybridized carbons (Fsp3) is 0.273. The van der Waals surface area contributed by atoms with Crippen LogP contribution in [0.4, 0.5) is 5.00 Å². The molecule has 0 atom stereocenters. The molecule has 0 spiro atoms. The minimum atomic E-state index is -0.224. The third-order valence-electron chi connectivity index (χ3n) is 2.52. The minimum absolute atomic E-state index is 0.0842. The summed E-state index contributed by atoms with van der Waals surface area (Å²) in [6, 6.07) is 2.11. The lowest BCUT2D eigenvalue weighted by molar-refractivity contribution is -0.116. The summed E-state index contributed by atoms with van der Waals surface area (Å²) in [6.07, 6.45) is 2.84. The molecule has 18 heavy (non-hydrogen) atoms. The van der Waals surface area contributed by atoms with Crippen molar-refractivity contribution >= 4 is 22.2 Å². The molecule has 6 nitrogen and oxygen atoms in total. The average molecular weight is 261 g/mol. The topological polar surface area (TPSA) is 83.6 Å². The van der Waals surface area contributed by atoms with E-state index in [2.05, 4.69) is 21.5 Å². The van der Waals surface area contributed by atoms with E-state index in [1.165, 1.54) is 28.7 Å². The van der Waals surface area contributed by atoms with Crippen LogP contribution in [-0.4, -0.2) is 20.7 Å². The number of amides is 1. The molecule has 0 radical (unpaired) electrons. The Morgan fingerprint density at radius 1 is 1.61 bits per heavy atom. The van der Waals surface area contributed by atoms with Crippen molar-refractivity contribution in [2.24, 2.45) is 0 Å².